The molecule has 3 N–H and O–H groups in total. The number of furan rings is 1. The van der Waals surface area contributed by atoms with Crippen molar-refractivity contribution in [3.05, 3.63) is 82.9 Å². The molecule has 0 aliphatic rings. The molecule has 3 aromatic heterocycles. The molecule has 5 aromatic rings. The molecule has 34 heavy (non-hydrogen) atoms. The Hall–Kier alpha value is -4.10. The number of aromatic nitrogens is 1. The lowest BCUT2D eigenvalue weighted by Crippen LogP contribution is -2.12. The molecule has 5 rings (SSSR count). The third kappa shape index (κ3) is 3.91. The van der Waals surface area contributed by atoms with Crippen LogP contribution in [0, 0.1) is 13.8 Å². The molecule has 0 bridgehead atoms. The van der Waals surface area contributed by atoms with E-state index in [0.29, 0.717) is 26.5 Å². The van der Waals surface area contributed by atoms with Crippen LogP contribution in [0.1, 0.15) is 20.8 Å². The predicted molar refractivity (Wildman–Crippen MR) is 138 cm³/mol. The van der Waals surface area contributed by atoms with Crippen LogP contribution in [0.5, 0.6) is 5.75 Å². The number of hydrogen-bond acceptors (Lipinski definition) is 6. The number of fused-ring (bicyclic) bond motifs is 1. The van der Waals surface area contributed by atoms with Gasteiger partial charge in [0.15, 0.2) is 0 Å². The second kappa shape index (κ2) is 8.68. The molecule has 0 saturated carbocycles. The Labute approximate surface area is 201 Å². The lowest BCUT2D eigenvalue weighted by atomic mass is 10.0. The zero-order valence-electron chi connectivity index (χ0n) is 19.0. The van der Waals surface area contributed by atoms with Gasteiger partial charge in [0, 0.05) is 22.2 Å². The zero-order chi connectivity index (χ0) is 23.8. The smallest absolute Gasteiger partial charge is 0.267 e. The normalized spacial score (nSPS) is 11.0. The number of hydrogen-bond donors (Lipinski definition) is 2. The maximum atomic E-state index is 13.2. The van der Waals surface area contributed by atoms with Crippen molar-refractivity contribution < 1.29 is 13.9 Å². The summed E-state index contributed by atoms with van der Waals surface area (Å²) >= 11 is 1.27. The van der Waals surface area contributed by atoms with Gasteiger partial charge in [-0.3, -0.25) is 4.79 Å². The Morgan fingerprint density at radius 2 is 1.85 bits per heavy atom. The molecular formula is C27H23N3O3S. The van der Waals surface area contributed by atoms with E-state index in [1.165, 1.54) is 11.3 Å². The van der Waals surface area contributed by atoms with Crippen molar-refractivity contribution in [2.24, 2.45) is 0 Å². The topological polar surface area (TPSA) is 90.4 Å². The van der Waals surface area contributed by atoms with Crippen LogP contribution in [-0.2, 0) is 0 Å². The molecule has 0 aliphatic heterocycles. The van der Waals surface area contributed by atoms with Crippen molar-refractivity contribution in [2.75, 3.05) is 18.2 Å². The fourth-order valence-corrected chi connectivity index (χ4v) is 4.85. The average molecular weight is 470 g/mol. The minimum absolute atomic E-state index is 0.264. The van der Waals surface area contributed by atoms with Gasteiger partial charge in [0.1, 0.15) is 21.2 Å². The van der Waals surface area contributed by atoms with Crippen molar-refractivity contribution in [1.82, 2.24) is 4.98 Å². The van der Waals surface area contributed by atoms with E-state index >= 15 is 0 Å². The third-order valence-electron chi connectivity index (χ3n) is 5.84. The van der Waals surface area contributed by atoms with Crippen LogP contribution >= 0.6 is 11.3 Å². The number of nitrogens with zero attached hydrogens (tertiary/aromatic N) is 1. The number of amides is 1. The van der Waals surface area contributed by atoms with Gasteiger partial charge >= 0.3 is 0 Å². The molecule has 0 spiro atoms. The maximum Gasteiger partial charge on any atom is 0.267 e. The van der Waals surface area contributed by atoms with Crippen molar-refractivity contribution >= 4 is 38.8 Å². The summed E-state index contributed by atoms with van der Waals surface area (Å²) in [5.41, 5.74) is 12.4. The first-order valence-electron chi connectivity index (χ1n) is 10.7. The van der Waals surface area contributed by atoms with E-state index < -0.39 is 0 Å². The molecule has 0 unspecified atom stereocenters. The van der Waals surface area contributed by atoms with Crippen LogP contribution < -0.4 is 15.8 Å². The summed E-state index contributed by atoms with van der Waals surface area (Å²) in [5.74, 6) is 1.16. The summed E-state index contributed by atoms with van der Waals surface area (Å²) in [5, 5.41) is 3.68. The van der Waals surface area contributed by atoms with Crippen LogP contribution in [0.25, 0.3) is 32.8 Å². The molecule has 0 radical (unpaired) electrons. The van der Waals surface area contributed by atoms with E-state index in [0.717, 1.165) is 39.4 Å². The first-order valence-corrected chi connectivity index (χ1v) is 11.6. The number of nitrogens with one attached hydrogen (secondary N) is 1. The lowest BCUT2D eigenvalue weighted by molar-refractivity contribution is 0.103. The Bertz CT molecular complexity index is 1500. The highest BCUT2D eigenvalue weighted by Gasteiger charge is 2.22. The van der Waals surface area contributed by atoms with Crippen molar-refractivity contribution in [3.63, 3.8) is 0 Å². The Morgan fingerprint density at radius 1 is 1.06 bits per heavy atom. The third-order valence-corrected chi connectivity index (χ3v) is 6.94. The summed E-state index contributed by atoms with van der Waals surface area (Å²) in [4.78, 5) is 19.1. The number of nitrogens with two attached hydrogens (primary N) is 1. The molecule has 0 fully saturated rings. The standard InChI is InChI=1S/C27H23N3O3S/c1-15-6-9-18(13-16(15)2)29-26(31)25-24(28)23-20(22-5-4-12-33-22)14-21(30-27(23)34-25)17-7-10-19(32-3)11-8-17/h4-14H,28H2,1-3H3,(H,29,31). The molecule has 0 atom stereocenters. The summed E-state index contributed by atoms with van der Waals surface area (Å²) < 4.78 is 11.0. The average Bonchev–Trinajstić information content (AvgIpc) is 3.49. The summed E-state index contributed by atoms with van der Waals surface area (Å²) in [6, 6.07) is 19.1. The number of nitrogen functional groups attached to an aromatic ring is 1. The van der Waals surface area contributed by atoms with E-state index in [1.54, 1.807) is 13.4 Å². The Morgan fingerprint density at radius 3 is 2.53 bits per heavy atom. The van der Waals surface area contributed by atoms with E-state index in [2.05, 4.69) is 5.32 Å². The number of carbonyl (C=O) groups excluding carboxylic acids is 1. The number of anilines is 2. The second-order valence-corrected chi connectivity index (χ2v) is 9.04. The van der Waals surface area contributed by atoms with Crippen molar-refractivity contribution in [2.45, 2.75) is 13.8 Å². The largest absolute Gasteiger partial charge is 0.497 e. The molecule has 3 heterocycles. The fraction of sp³-hybridized carbons (Fsp3) is 0.111. The highest BCUT2D eigenvalue weighted by atomic mass is 32.1. The number of carbonyl (C=O) groups is 1. The van der Waals surface area contributed by atoms with Gasteiger partial charge in [0.2, 0.25) is 0 Å². The van der Waals surface area contributed by atoms with Gasteiger partial charge < -0.3 is 20.2 Å². The van der Waals surface area contributed by atoms with Gasteiger partial charge in [0.05, 0.1) is 24.8 Å². The van der Waals surface area contributed by atoms with Crippen LogP contribution in [0.2, 0.25) is 0 Å². The number of pyridine rings is 1. The van der Waals surface area contributed by atoms with Crippen LogP contribution in [0.15, 0.2) is 71.3 Å². The monoisotopic (exact) mass is 469 g/mol. The van der Waals surface area contributed by atoms with E-state index in [4.69, 9.17) is 19.9 Å². The molecule has 7 heteroatoms. The van der Waals surface area contributed by atoms with Crippen LogP contribution in [0.3, 0.4) is 0 Å². The first kappa shape index (κ1) is 21.7. The lowest BCUT2D eigenvalue weighted by Gasteiger charge is -2.08. The number of aryl methyl sites for hydroxylation is 2. The predicted octanol–water partition coefficient (Wildman–Crippen LogP) is 6.68. The molecule has 1 amide bonds. The number of ether oxygens (including phenoxy) is 1. The van der Waals surface area contributed by atoms with Gasteiger partial charge in [-0.1, -0.05) is 6.07 Å². The van der Waals surface area contributed by atoms with Gasteiger partial charge in [0.25, 0.3) is 5.91 Å². The number of methoxy groups -OCH3 is 1. The minimum Gasteiger partial charge on any atom is -0.497 e. The summed E-state index contributed by atoms with van der Waals surface area (Å²) in [6.07, 6.45) is 1.62. The Balaban J connectivity index is 1.62. The molecule has 170 valence electrons. The molecule has 2 aromatic carbocycles. The molecule has 6 nitrogen and oxygen atoms in total. The van der Waals surface area contributed by atoms with Gasteiger partial charge in [-0.15, -0.1) is 11.3 Å². The molecule has 0 aliphatic carbocycles. The highest BCUT2D eigenvalue weighted by Crippen LogP contribution is 2.41. The number of thiophene rings is 1. The SMILES string of the molecule is COc1ccc(-c2cc(-c3ccco3)c3c(N)c(C(=O)Nc4ccc(C)c(C)c4)sc3n2)cc1. The number of rotatable bonds is 5. The van der Waals surface area contributed by atoms with Gasteiger partial charge in [-0.2, -0.15) is 0 Å². The highest BCUT2D eigenvalue weighted by molar-refractivity contribution is 7.21. The number of benzene rings is 2. The van der Waals surface area contributed by atoms with Crippen LogP contribution in [-0.4, -0.2) is 18.0 Å². The maximum absolute atomic E-state index is 13.2. The quantitative estimate of drug-likeness (QED) is 0.299. The first-order chi connectivity index (χ1) is 16.4. The van der Waals surface area contributed by atoms with E-state index in [1.807, 2.05) is 74.5 Å². The zero-order valence-corrected chi connectivity index (χ0v) is 19.8. The summed E-state index contributed by atoms with van der Waals surface area (Å²) in [6.45, 7) is 4.05. The fourth-order valence-electron chi connectivity index (χ4n) is 3.83. The minimum atomic E-state index is -0.264. The molecular weight excluding hydrogens is 446 g/mol. The molecule has 0 saturated heterocycles. The second-order valence-electron chi connectivity index (χ2n) is 8.04. The van der Waals surface area contributed by atoms with E-state index in [-0.39, 0.29) is 5.91 Å². The van der Waals surface area contributed by atoms with Gasteiger partial charge in [-0.25, -0.2) is 4.98 Å². The van der Waals surface area contributed by atoms with E-state index in [9.17, 15) is 4.79 Å². The van der Waals surface area contributed by atoms with Crippen molar-refractivity contribution in [3.8, 4) is 28.3 Å². The Kier molecular flexibility index (Phi) is 5.55. The van der Waals surface area contributed by atoms with Crippen molar-refractivity contribution in [1.29, 1.82) is 0 Å². The van der Waals surface area contributed by atoms with Gasteiger partial charge in [-0.05, 0) is 79.6 Å². The summed E-state index contributed by atoms with van der Waals surface area (Å²) in [7, 11) is 1.63. The van der Waals surface area contributed by atoms with Crippen LogP contribution in [0.4, 0.5) is 11.4 Å².